The molecule has 1 atom stereocenters. The molecule has 0 aliphatic carbocycles. The Bertz CT molecular complexity index is 1370. The van der Waals surface area contributed by atoms with E-state index in [2.05, 4.69) is 10.3 Å². The molecule has 1 aromatic heterocycles. The first-order chi connectivity index (χ1) is 16.7. The molecule has 0 fully saturated rings. The number of rotatable bonds is 6. The Labute approximate surface area is 200 Å². The van der Waals surface area contributed by atoms with Crippen molar-refractivity contribution in [1.29, 1.82) is 0 Å². The number of benzene rings is 3. The predicted molar refractivity (Wildman–Crippen MR) is 128 cm³/mol. The molecule has 4 rings (SSSR count). The molecule has 0 spiro atoms. The highest BCUT2D eigenvalue weighted by atomic mass is 19.4. The number of ether oxygens (including phenoxy) is 1. The number of anilines is 2. The van der Waals surface area contributed by atoms with Gasteiger partial charge < -0.3 is 15.2 Å². The van der Waals surface area contributed by atoms with Gasteiger partial charge in [-0.25, -0.2) is 4.79 Å². The van der Waals surface area contributed by atoms with E-state index in [1.807, 2.05) is 31.2 Å². The lowest BCUT2D eigenvalue weighted by Crippen LogP contribution is -2.11. The lowest BCUT2D eigenvalue weighted by Gasteiger charge is -2.19. The molecule has 5 nitrogen and oxygen atoms in total. The summed E-state index contributed by atoms with van der Waals surface area (Å²) in [6.07, 6.45) is -4.32. The number of nitrogens with zero attached hydrogens (tertiary/aromatic N) is 1. The highest BCUT2D eigenvalue weighted by molar-refractivity contribution is 6.06. The van der Waals surface area contributed by atoms with Crippen molar-refractivity contribution in [1.82, 2.24) is 4.98 Å². The van der Waals surface area contributed by atoms with Gasteiger partial charge in [0.15, 0.2) is 0 Å². The van der Waals surface area contributed by atoms with Crippen LogP contribution in [0.15, 0.2) is 72.9 Å². The molecular formula is C27H23F3N2O3. The third-order valence-electron chi connectivity index (χ3n) is 5.68. The molecular weight excluding hydrogens is 457 g/mol. The summed E-state index contributed by atoms with van der Waals surface area (Å²) in [6.45, 7) is 3.82. The topological polar surface area (TPSA) is 71.5 Å². The van der Waals surface area contributed by atoms with Gasteiger partial charge in [-0.15, -0.1) is 0 Å². The number of aliphatic hydroxyl groups excluding tert-OH is 1. The molecule has 0 saturated carbocycles. The van der Waals surface area contributed by atoms with Crippen molar-refractivity contribution in [2.45, 2.75) is 26.1 Å². The van der Waals surface area contributed by atoms with E-state index in [4.69, 9.17) is 4.74 Å². The van der Waals surface area contributed by atoms with Crippen molar-refractivity contribution in [2.75, 3.05) is 11.9 Å². The molecule has 1 unspecified atom stereocenters. The van der Waals surface area contributed by atoms with Crippen molar-refractivity contribution in [2.24, 2.45) is 0 Å². The van der Waals surface area contributed by atoms with Crippen LogP contribution in [0, 0.1) is 6.92 Å². The van der Waals surface area contributed by atoms with Crippen LogP contribution in [-0.2, 0) is 10.9 Å². The molecule has 35 heavy (non-hydrogen) atoms. The van der Waals surface area contributed by atoms with Crippen LogP contribution in [0.4, 0.5) is 24.5 Å². The highest BCUT2D eigenvalue weighted by Crippen LogP contribution is 2.36. The highest BCUT2D eigenvalue weighted by Gasteiger charge is 2.30. The zero-order valence-corrected chi connectivity index (χ0v) is 19.1. The minimum atomic E-state index is -4.47. The van der Waals surface area contributed by atoms with Crippen molar-refractivity contribution in [3.8, 4) is 0 Å². The minimum absolute atomic E-state index is 0.188. The van der Waals surface area contributed by atoms with E-state index >= 15 is 0 Å². The molecule has 0 aliphatic rings. The molecule has 0 bridgehead atoms. The third kappa shape index (κ3) is 4.97. The Kier molecular flexibility index (Phi) is 6.75. The van der Waals surface area contributed by atoms with Gasteiger partial charge in [0.25, 0.3) is 0 Å². The lowest BCUT2D eigenvalue weighted by atomic mass is 9.96. The number of halogens is 3. The largest absolute Gasteiger partial charge is 0.462 e. The monoisotopic (exact) mass is 480 g/mol. The third-order valence-corrected chi connectivity index (χ3v) is 5.68. The fourth-order valence-electron chi connectivity index (χ4n) is 3.85. The van der Waals surface area contributed by atoms with Gasteiger partial charge in [-0.3, -0.25) is 4.98 Å². The maximum absolute atomic E-state index is 12.9. The van der Waals surface area contributed by atoms with E-state index in [1.54, 1.807) is 25.1 Å². The molecule has 8 heteroatoms. The number of pyridine rings is 1. The average Bonchev–Trinajstić information content (AvgIpc) is 2.84. The summed E-state index contributed by atoms with van der Waals surface area (Å²) in [5, 5.41) is 14.9. The Morgan fingerprint density at radius 3 is 2.43 bits per heavy atom. The molecule has 0 amide bonds. The van der Waals surface area contributed by atoms with Gasteiger partial charge in [0.2, 0.25) is 0 Å². The molecule has 180 valence electrons. The molecule has 0 saturated heterocycles. The van der Waals surface area contributed by atoms with E-state index in [9.17, 15) is 23.1 Å². The molecule has 3 aromatic carbocycles. The minimum Gasteiger partial charge on any atom is -0.462 e. The maximum Gasteiger partial charge on any atom is 0.416 e. The number of esters is 1. The van der Waals surface area contributed by atoms with Crippen LogP contribution in [0.1, 0.15) is 45.6 Å². The number of aliphatic hydroxyl groups is 1. The van der Waals surface area contributed by atoms with Gasteiger partial charge in [0.1, 0.15) is 11.7 Å². The SMILES string of the molecule is CCOC(=O)c1cnc2c(C(O)c3ccc(C(F)(F)F)cc3)cccc2c1Nc1ccccc1C. The van der Waals surface area contributed by atoms with Crippen molar-refractivity contribution in [3.05, 3.63) is 101 Å². The van der Waals surface area contributed by atoms with Crippen LogP contribution in [0.2, 0.25) is 0 Å². The first-order valence-corrected chi connectivity index (χ1v) is 11.0. The number of nitrogens with one attached hydrogen (secondary N) is 1. The van der Waals surface area contributed by atoms with Crippen LogP contribution < -0.4 is 5.32 Å². The summed E-state index contributed by atoms with van der Waals surface area (Å²) in [4.78, 5) is 17.1. The lowest BCUT2D eigenvalue weighted by molar-refractivity contribution is -0.137. The second-order valence-electron chi connectivity index (χ2n) is 7.97. The Hall–Kier alpha value is -3.91. The first-order valence-electron chi connectivity index (χ1n) is 11.0. The maximum atomic E-state index is 12.9. The number of aryl methyl sites for hydroxylation is 1. The standard InChI is InChI=1S/C27H23F3N2O3/c1-3-35-26(34)21-15-31-23-19(24(21)32-22-10-5-4-7-16(22)2)8-6-9-20(23)25(33)17-11-13-18(14-12-17)27(28,29)30/h4-15,25,33H,3H2,1-2H3,(H,31,32). The van der Waals surface area contributed by atoms with Crippen molar-refractivity contribution in [3.63, 3.8) is 0 Å². The summed E-state index contributed by atoms with van der Waals surface area (Å²) < 4.78 is 44.0. The van der Waals surface area contributed by atoms with Crippen molar-refractivity contribution >= 4 is 28.2 Å². The van der Waals surface area contributed by atoms with Gasteiger partial charge in [-0.1, -0.05) is 48.5 Å². The van der Waals surface area contributed by atoms with E-state index in [-0.39, 0.29) is 17.7 Å². The van der Waals surface area contributed by atoms with E-state index in [0.29, 0.717) is 22.2 Å². The summed E-state index contributed by atoms with van der Waals surface area (Å²) >= 11 is 0. The van der Waals surface area contributed by atoms with Gasteiger partial charge in [-0.2, -0.15) is 13.2 Å². The number of carbonyl (C=O) groups is 1. The molecule has 1 heterocycles. The number of fused-ring (bicyclic) bond motifs is 1. The van der Waals surface area contributed by atoms with E-state index < -0.39 is 23.8 Å². The molecule has 2 N–H and O–H groups in total. The zero-order valence-electron chi connectivity index (χ0n) is 19.1. The van der Waals surface area contributed by atoms with Crippen LogP contribution in [0.3, 0.4) is 0 Å². The normalized spacial score (nSPS) is 12.4. The van der Waals surface area contributed by atoms with Gasteiger partial charge in [0, 0.05) is 22.8 Å². The van der Waals surface area contributed by atoms with Gasteiger partial charge >= 0.3 is 12.1 Å². The number of alkyl halides is 3. The summed E-state index contributed by atoms with van der Waals surface area (Å²) in [6, 6.07) is 17.0. The number of para-hydroxylation sites is 2. The number of aromatic nitrogens is 1. The Morgan fingerprint density at radius 2 is 1.77 bits per heavy atom. The summed E-state index contributed by atoms with van der Waals surface area (Å²) in [5.41, 5.74) is 2.71. The van der Waals surface area contributed by atoms with E-state index in [0.717, 1.165) is 23.4 Å². The fourth-order valence-corrected chi connectivity index (χ4v) is 3.85. The van der Waals surface area contributed by atoms with E-state index in [1.165, 1.54) is 18.3 Å². The number of carbonyl (C=O) groups excluding carboxylic acids is 1. The second-order valence-corrected chi connectivity index (χ2v) is 7.97. The summed E-state index contributed by atoms with van der Waals surface area (Å²) in [7, 11) is 0. The molecule has 0 radical (unpaired) electrons. The van der Waals surface area contributed by atoms with Crippen LogP contribution in [0.25, 0.3) is 10.9 Å². The quantitative estimate of drug-likeness (QED) is 0.306. The zero-order chi connectivity index (χ0) is 25.2. The first kappa shape index (κ1) is 24.2. The Morgan fingerprint density at radius 1 is 1.06 bits per heavy atom. The fraction of sp³-hybridized carbons (Fsp3) is 0.185. The van der Waals surface area contributed by atoms with Gasteiger partial charge in [-0.05, 0) is 43.2 Å². The number of hydrogen-bond donors (Lipinski definition) is 2. The summed E-state index contributed by atoms with van der Waals surface area (Å²) in [5.74, 6) is -0.549. The van der Waals surface area contributed by atoms with Crippen LogP contribution in [0.5, 0.6) is 0 Å². The smallest absolute Gasteiger partial charge is 0.416 e. The van der Waals surface area contributed by atoms with Crippen molar-refractivity contribution < 1.29 is 27.8 Å². The second kappa shape index (κ2) is 9.76. The van der Waals surface area contributed by atoms with Gasteiger partial charge in [0.05, 0.1) is 23.4 Å². The number of hydrogen-bond acceptors (Lipinski definition) is 5. The Balaban J connectivity index is 1.84. The van der Waals surface area contributed by atoms with Crippen LogP contribution >= 0.6 is 0 Å². The molecule has 4 aromatic rings. The predicted octanol–water partition coefficient (Wildman–Crippen LogP) is 6.56. The average molecular weight is 480 g/mol. The van der Waals surface area contributed by atoms with Crippen LogP contribution in [-0.4, -0.2) is 22.7 Å². The molecule has 0 aliphatic heterocycles.